The summed E-state index contributed by atoms with van der Waals surface area (Å²) in [5.41, 5.74) is 0.998. The molecule has 0 aromatic carbocycles. The van der Waals surface area contributed by atoms with Crippen LogP contribution in [0.4, 0.5) is 14.6 Å². The Morgan fingerprint density at radius 2 is 2.12 bits per heavy atom. The van der Waals surface area contributed by atoms with Crippen LogP contribution < -0.4 is 5.32 Å². The van der Waals surface area contributed by atoms with Crippen LogP contribution in [0.5, 0.6) is 0 Å². The van der Waals surface area contributed by atoms with E-state index in [0.29, 0.717) is 33.8 Å². The lowest BCUT2D eigenvalue weighted by Crippen LogP contribution is -2.32. The highest BCUT2D eigenvalue weighted by Crippen LogP contribution is 2.44. The molecule has 7 nitrogen and oxygen atoms in total. The molecule has 2 N–H and O–H groups in total. The van der Waals surface area contributed by atoms with Crippen LogP contribution in [0.25, 0.3) is 0 Å². The molecule has 5 rings (SSSR count). The van der Waals surface area contributed by atoms with Crippen LogP contribution in [0, 0.1) is 12.8 Å². The smallest absolute Gasteiger partial charge is 0.312 e. The number of ether oxygens (including phenoxy) is 1. The van der Waals surface area contributed by atoms with Crippen molar-refractivity contribution in [2.24, 2.45) is 5.92 Å². The Morgan fingerprint density at radius 3 is 2.88 bits per heavy atom. The molecule has 1 aliphatic heterocycles. The van der Waals surface area contributed by atoms with Crippen LogP contribution >= 0.6 is 11.3 Å². The minimum atomic E-state index is -3.16. The van der Waals surface area contributed by atoms with Crippen molar-refractivity contribution in [3.05, 3.63) is 69.1 Å². The molecule has 3 aromatic rings. The SMILES string of the molecule is Cc1sc(C(=O)c2cncnc2N[C@@H]2C[C@@H](C)[C@H](O)C2)cc1[C@H]1OCC(F)(F)c2ncccc21. The average molecular weight is 487 g/mol. The molecule has 0 amide bonds. The first-order chi connectivity index (χ1) is 16.2. The molecule has 4 heterocycles. The van der Waals surface area contributed by atoms with Crippen molar-refractivity contribution in [1.82, 2.24) is 15.0 Å². The number of rotatable bonds is 5. The molecule has 0 unspecified atom stereocenters. The Bertz CT molecular complexity index is 1220. The van der Waals surface area contributed by atoms with Gasteiger partial charge < -0.3 is 15.2 Å². The predicted octanol–water partition coefficient (Wildman–Crippen LogP) is 4.26. The summed E-state index contributed by atoms with van der Waals surface area (Å²) in [7, 11) is 0. The van der Waals surface area contributed by atoms with Gasteiger partial charge in [-0.2, -0.15) is 8.78 Å². The predicted molar refractivity (Wildman–Crippen MR) is 122 cm³/mol. The van der Waals surface area contributed by atoms with Gasteiger partial charge >= 0.3 is 5.92 Å². The lowest BCUT2D eigenvalue weighted by atomic mass is 9.95. The van der Waals surface area contributed by atoms with Crippen molar-refractivity contribution in [2.45, 2.75) is 50.9 Å². The maximum absolute atomic E-state index is 14.3. The summed E-state index contributed by atoms with van der Waals surface area (Å²) in [6.45, 7) is 3.06. The second-order valence-electron chi connectivity index (χ2n) is 8.93. The molecular formula is C24H24F2N4O3S. The van der Waals surface area contributed by atoms with Crippen LogP contribution in [0.1, 0.15) is 62.8 Å². The zero-order valence-corrected chi connectivity index (χ0v) is 19.5. The molecule has 1 fully saturated rings. The topological polar surface area (TPSA) is 97.2 Å². The van der Waals surface area contributed by atoms with Gasteiger partial charge in [0, 0.05) is 28.9 Å². The summed E-state index contributed by atoms with van der Waals surface area (Å²) >= 11 is 1.28. The zero-order chi connectivity index (χ0) is 24.0. The number of pyridine rings is 1. The fraction of sp³-hybridized carbons (Fsp3) is 0.417. The maximum atomic E-state index is 14.3. The number of fused-ring (bicyclic) bond motifs is 1. The van der Waals surface area contributed by atoms with Crippen molar-refractivity contribution in [2.75, 3.05) is 11.9 Å². The van der Waals surface area contributed by atoms with Gasteiger partial charge in [0.05, 0.1) is 16.5 Å². The van der Waals surface area contributed by atoms with E-state index in [1.54, 1.807) is 18.2 Å². The number of hydrogen-bond donors (Lipinski definition) is 2. The number of aliphatic hydroxyl groups is 1. The number of carbonyl (C=O) groups is 1. The summed E-state index contributed by atoms with van der Waals surface area (Å²) in [5, 5.41) is 13.3. The minimum Gasteiger partial charge on any atom is -0.393 e. The normalized spacial score (nSPS) is 25.7. The third-order valence-corrected chi connectivity index (χ3v) is 7.56. The van der Waals surface area contributed by atoms with E-state index in [-0.39, 0.29) is 29.5 Å². The number of thiophene rings is 1. The molecule has 0 spiro atoms. The van der Waals surface area contributed by atoms with Crippen molar-refractivity contribution in [3.63, 3.8) is 0 Å². The highest BCUT2D eigenvalue weighted by Gasteiger charge is 2.44. The molecule has 0 radical (unpaired) electrons. The van der Waals surface area contributed by atoms with Crippen LogP contribution in [0.3, 0.4) is 0 Å². The van der Waals surface area contributed by atoms with Crippen molar-refractivity contribution < 1.29 is 23.4 Å². The number of anilines is 1. The van der Waals surface area contributed by atoms with Gasteiger partial charge in [0.25, 0.3) is 0 Å². The van der Waals surface area contributed by atoms with Gasteiger partial charge in [-0.25, -0.2) is 9.97 Å². The molecule has 10 heteroatoms. The molecule has 4 atom stereocenters. The lowest BCUT2D eigenvalue weighted by molar-refractivity contribution is -0.119. The summed E-state index contributed by atoms with van der Waals surface area (Å²) in [4.78, 5) is 26.9. The van der Waals surface area contributed by atoms with Gasteiger partial charge in [-0.3, -0.25) is 9.78 Å². The largest absolute Gasteiger partial charge is 0.393 e. The molecular weight excluding hydrogens is 462 g/mol. The number of hydrogen-bond acceptors (Lipinski definition) is 8. The Morgan fingerprint density at radius 1 is 1.29 bits per heavy atom. The molecule has 178 valence electrons. The average Bonchev–Trinajstić information content (AvgIpc) is 3.35. The van der Waals surface area contributed by atoms with Gasteiger partial charge in [-0.05, 0) is 43.4 Å². The molecule has 0 bridgehead atoms. The fourth-order valence-electron chi connectivity index (χ4n) is 4.69. The highest BCUT2D eigenvalue weighted by molar-refractivity contribution is 7.14. The molecule has 1 aliphatic carbocycles. The second kappa shape index (κ2) is 8.75. The highest BCUT2D eigenvalue weighted by atomic mass is 32.1. The number of carbonyl (C=O) groups excluding carboxylic acids is 1. The minimum absolute atomic E-state index is 0.00777. The zero-order valence-electron chi connectivity index (χ0n) is 18.7. The quantitative estimate of drug-likeness (QED) is 0.520. The first-order valence-corrected chi connectivity index (χ1v) is 11.9. The number of aromatic nitrogens is 3. The van der Waals surface area contributed by atoms with E-state index in [0.717, 1.165) is 11.3 Å². The summed E-state index contributed by atoms with van der Waals surface area (Å²) in [6.07, 6.45) is 4.43. The standard InChI is InChI=1S/C24H24F2N4O3S/c1-12-6-14(7-18(12)31)30-23-17(9-27-11-29-23)20(32)19-8-16(13(2)34-19)21-15-4-3-5-28-22(15)24(25,26)10-33-21/h3-5,8-9,11-12,14,18,21,31H,6-7,10H2,1-2H3,(H,27,29,30)/t12-,14-,18-,21+/m1/s1. The van der Waals surface area contributed by atoms with Gasteiger partial charge in [-0.1, -0.05) is 13.0 Å². The van der Waals surface area contributed by atoms with E-state index < -0.39 is 18.6 Å². The molecule has 2 aliphatic rings. The van der Waals surface area contributed by atoms with E-state index in [9.17, 15) is 18.7 Å². The summed E-state index contributed by atoms with van der Waals surface area (Å²) in [5.74, 6) is -2.84. The Kier molecular flexibility index (Phi) is 5.91. The van der Waals surface area contributed by atoms with E-state index in [1.165, 1.54) is 30.1 Å². The van der Waals surface area contributed by atoms with Gasteiger partial charge in [0.1, 0.15) is 30.5 Å². The Labute approximate surface area is 199 Å². The van der Waals surface area contributed by atoms with Crippen LogP contribution in [-0.4, -0.2) is 44.6 Å². The first-order valence-electron chi connectivity index (χ1n) is 11.1. The number of halogens is 2. The van der Waals surface area contributed by atoms with Crippen molar-refractivity contribution in [1.29, 1.82) is 0 Å². The van der Waals surface area contributed by atoms with E-state index in [2.05, 4.69) is 20.3 Å². The number of alkyl halides is 2. The Balaban J connectivity index is 1.44. The first kappa shape index (κ1) is 22.9. The number of nitrogens with zero attached hydrogens (tertiary/aromatic N) is 3. The van der Waals surface area contributed by atoms with Crippen LogP contribution in [0.2, 0.25) is 0 Å². The number of aliphatic hydroxyl groups excluding tert-OH is 1. The van der Waals surface area contributed by atoms with Crippen molar-refractivity contribution in [3.8, 4) is 0 Å². The summed E-state index contributed by atoms with van der Waals surface area (Å²) in [6, 6.07) is 4.90. The fourth-order valence-corrected chi connectivity index (χ4v) is 5.69. The van der Waals surface area contributed by atoms with E-state index in [4.69, 9.17) is 4.74 Å². The monoisotopic (exact) mass is 486 g/mol. The number of nitrogens with one attached hydrogen (secondary N) is 1. The summed E-state index contributed by atoms with van der Waals surface area (Å²) < 4.78 is 34.2. The maximum Gasteiger partial charge on any atom is 0.312 e. The second-order valence-corrected chi connectivity index (χ2v) is 10.2. The molecule has 3 aromatic heterocycles. The Hall–Kier alpha value is -2.82. The van der Waals surface area contributed by atoms with E-state index in [1.807, 2.05) is 13.8 Å². The van der Waals surface area contributed by atoms with Crippen LogP contribution in [-0.2, 0) is 10.7 Å². The van der Waals surface area contributed by atoms with Gasteiger partial charge in [0.15, 0.2) is 0 Å². The molecule has 0 saturated heterocycles. The van der Waals surface area contributed by atoms with Gasteiger partial charge in [-0.15, -0.1) is 11.3 Å². The third kappa shape index (κ3) is 4.10. The van der Waals surface area contributed by atoms with E-state index >= 15 is 0 Å². The van der Waals surface area contributed by atoms with Crippen LogP contribution in [0.15, 0.2) is 36.9 Å². The number of ketones is 1. The molecule has 1 saturated carbocycles. The molecule has 34 heavy (non-hydrogen) atoms. The third-order valence-electron chi connectivity index (χ3n) is 6.50. The lowest BCUT2D eigenvalue weighted by Gasteiger charge is -2.30. The van der Waals surface area contributed by atoms with Gasteiger partial charge in [0.2, 0.25) is 5.78 Å². The number of aryl methyl sites for hydroxylation is 1. The van der Waals surface area contributed by atoms with Crippen molar-refractivity contribution >= 4 is 22.9 Å².